The molecule has 5 heteroatoms. The van der Waals surface area contributed by atoms with Crippen LogP contribution in [0.4, 0.5) is 0 Å². The van der Waals surface area contributed by atoms with Crippen LogP contribution in [-0.4, -0.2) is 21.6 Å². The van der Waals surface area contributed by atoms with E-state index in [0.717, 1.165) is 16.7 Å². The SMILES string of the molecule is Cc1cccc(-c2ncc(CNCC(O)c3ccccc3Cl)cn2)c1. The number of aryl methyl sites for hydroxylation is 1. The van der Waals surface area contributed by atoms with Gasteiger partial charge in [-0.15, -0.1) is 0 Å². The monoisotopic (exact) mass is 353 g/mol. The van der Waals surface area contributed by atoms with E-state index in [0.29, 0.717) is 23.9 Å². The number of hydrogen-bond acceptors (Lipinski definition) is 4. The van der Waals surface area contributed by atoms with E-state index >= 15 is 0 Å². The average Bonchev–Trinajstić information content (AvgIpc) is 2.62. The molecule has 0 amide bonds. The van der Waals surface area contributed by atoms with Crippen LogP contribution < -0.4 is 5.32 Å². The lowest BCUT2D eigenvalue weighted by Crippen LogP contribution is -2.21. The minimum atomic E-state index is -0.652. The zero-order valence-corrected chi connectivity index (χ0v) is 14.7. The van der Waals surface area contributed by atoms with Gasteiger partial charge in [0.1, 0.15) is 0 Å². The molecule has 2 aromatic carbocycles. The second-order valence-corrected chi connectivity index (χ2v) is 6.36. The standard InChI is InChI=1S/C20H20ClN3O/c1-14-5-4-6-16(9-14)20-23-11-15(12-24-20)10-22-13-19(25)17-7-2-3-8-18(17)21/h2-9,11-12,19,22,25H,10,13H2,1H3. The van der Waals surface area contributed by atoms with Crippen LogP contribution in [0.1, 0.15) is 22.8 Å². The molecule has 0 saturated carbocycles. The van der Waals surface area contributed by atoms with Crippen LogP contribution in [0.5, 0.6) is 0 Å². The second-order valence-electron chi connectivity index (χ2n) is 5.95. The molecule has 0 aliphatic carbocycles. The van der Waals surface area contributed by atoms with Gasteiger partial charge in [0.2, 0.25) is 0 Å². The van der Waals surface area contributed by atoms with E-state index in [-0.39, 0.29) is 0 Å². The molecule has 1 atom stereocenters. The molecule has 25 heavy (non-hydrogen) atoms. The topological polar surface area (TPSA) is 58.0 Å². The van der Waals surface area contributed by atoms with Gasteiger partial charge in [-0.1, -0.05) is 53.6 Å². The molecule has 0 fully saturated rings. The lowest BCUT2D eigenvalue weighted by molar-refractivity contribution is 0.174. The van der Waals surface area contributed by atoms with Crippen molar-refractivity contribution in [2.75, 3.05) is 6.54 Å². The van der Waals surface area contributed by atoms with Crippen LogP contribution in [0, 0.1) is 6.92 Å². The third-order valence-corrected chi connectivity index (χ3v) is 4.26. The highest BCUT2D eigenvalue weighted by molar-refractivity contribution is 6.31. The van der Waals surface area contributed by atoms with Crippen molar-refractivity contribution in [3.05, 3.63) is 82.6 Å². The van der Waals surface area contributed by atoms with Gasteiger partial charge in [0.05, 0.1) is 6.10 Å². The third-order valence-electron chi connectivity index (χ3n) is 3.91. The predicted octanol–water partition coefficient (Wildman–Crippen LogP) is 3.93. The van der Waals surface area contributed by atoms with E-state index in [2.05, 4.69) is 21.4 Å². The normalized spacial score (nSPS) is 12.1. The molecular formula is C20H20ClN3O. The van der Waals surface area contributed by atoms with E-state index < -0.39 is 6.10 Å². The fraction of sp³-hybridized carbons (Fsp3) is 0.200. The Kier molecular flexibility index (Phi) is 5.76. The van der Waals surface area contributed by atoms with Crippen LogP contribution in [0.25, 0.3) is 11.4 Å². The smallest absolute Gasteiger partial charge is 0.159 e. The first-order chi connectivity index (χ1) is 12.1. The number of aromatic nitrogens is 2. The van der Waals surface area contributed by atoms with Gasteiger partial charge in [0.15, 0.2) is 5.82 Å². The van der Waals surface area contributed by atoms with Crippen molar-refractivity contribution in [3.63, 3.8) is 0 Å². The molecule has 0 aliphatic heterocycles. The highest BCUT2D eigenvalue weighted by Crippen LogP contribution is 2.22. The molecular weight excluding hydrogens is 334 g/mol. The van der Waals surface area contributed by atoms with Crippen LogP contribution in [0.3, 0.4) is 0 Å². The molecule has 4 nitrogen and oxygen atoms in total. The minimum Gasteiger partial charge on any atom is -0.387 e. The number of hydrogen-bond donors (Lipinski definition) is 2. The van der Waals surface area contributed by atoms with Crippen LogP contribution in [0.15, 0.2) is 60.9 Å². The largest absolute Gasteiger partial charge is 0.387 e. The molecule has 0 spiro atoms. The molecule has 3 rings (SSSR count). The maximum Gasteiger partial charge on any atom is 0.159 e. The fourth-order valence-electron chi connectivity index (χ4n) is 2.59. The van der Waals surface area contributed by atoms with Gasteiger partial charge >= 0.3 is 0 Å². The minimum absolute atomic E-state index is 0.406. The van der Waals surface area contributed by atoms with Crippen molar-refractivity contribution in [3.8, 4) is 11.4 Å². The molecule has 0 saturated heterocycles. The predicted molar refractivity (Wildman–Crippen MR) is 100 cm³/mol. The zero-order valence-electron chi connectivity index (χ0n) is 14.0. The van der Waals surface area contributed by atoms with E-state index in [9.17, 15) is 5.11 Å². The Morgan fingerprint density at radius 2 is 1.84 bits per heavy atom. The Morgan fingerprint density at radius 1 is 1.08 bits per heavy atom. The van der Waals surface area contributed by atoms with Crippen LogP contribution >= 0.6 is 11.6 Å². The summed E-state index contributed by atoms with van der Waals surface area (Å²) in [4.78, 5) is 8.85. The number of halogens is 1. The first-order valence-electron chi connectivity index (χ1n) is 8.14. The highest BCUT2D eigenvalue weighted by Gasteiger charge is 2.10. The zero-order chi connectivity index (χ0) is 17.6. The van der Waals surface area contributed by atoms with Crippen LogP contribution in [-0.2, 0) is 6.54 Å². The summed E-state index contributed by atoms with van der Waals surface area (Å²) in [7, 11) is 0. The maximum absolute atomic E-state index is 10.2. The molecule has 128 valence electrons. The first-order valence-corrected chi connectivity index (χ1v) is 8.52. The second kappa shape index (κ2) is 8.21. The number of nitrogens with one attached hydrogen (secondary N) is 1. The summed E-state index contributed by atoms with van der Waals surface area (Å²) in [6.07, 6.45) is 2.96. The summed E-state index contributed by atoms with van der Waals surface area (Å²) in [6, 6.07) is 15.4. The van der Waals surface area contributed by atoms with E-state index in [4.69, 9.17) is 11.6 Å². The maximum atomic E-state index is 10.2. The van der Waals surface area contributed by atoms with Crippen molar-refractivity contribution < 1.29 is 5.11 Å². The highest BCUT2D eigenvalue weighted by atomic mass is 35.5. The van der Waals surface area contributed by atoms with E-state index in [1.807, 2.05) is 43.3 Å². The summed E-state index contributed by atoms with van der Waals surface area (Å²) in [6.45, 7) is 3.03. The average molecular weight is 354 g/mol. The Balaban J connectivity index is 1.56. The molecule has 0 bridgehead atoms. The van der Waals surface area contributed by atoms with Gasteiger partial charge in [-0.2, -0.15) is 0 Å². The van der Waals surface area contributed by atoms with Crippen molar-refractivity contribution in [1.29, 1.82) is 0 Å². The summed E-state index contributed by atoms with van der Waals surface area (Å²) < 4.78 is 0. The summed E-state index contributed by atoms with van der Waals surface area (Å²) >= 11 is 6.09. The van der Waals surface area contributed by atoms with Crippen molar-refractivity contribution in [1.82, 2.24) is 15.3 Å². The van der Waals surface area contributed by atoms with Gasteiger partial charge in [-0.25, -0.2) is 9.97 Å². The molecule has 1 unspecified atom stereocenters. The summed E-state index contributed by atoms with van der Waals surface area (Å²) in [5.74, 6) is 0.712. The molecule has 0 aliphatic rings. The number of nitrogens with zero attached hydrogens (tertiary/aromatic N) is 2. The molecule has 1 aromatic heterocycles. The Labute approximate surface area is 152 Å². The van der Waals surface area contributed by atoms with E-state index in [1.54, 1.807) is 18.5 Å². The van der Waals surface area contributed by atoms with Crippen molar-refractivity contribution in [2.45, 2.75) is 19.6 Å². The number of rotatable bonds is 6. The van der Waals surface area contributed by atoms with Crippen molar-refractivity contribution in [2.24, 2.45) is 0 Å². The third kappa shape index (κ3) is 4.63. The Morgan fingerprint density at radius 3 is 2.56 bits per heavy atom. The number of aliphatic hydroxyl groups excluding tert-OH is 1. The van der Waals surface area contributed by atoms with Gasteiger partial charge in [-0.05, 0) is 19.1 Å². The Hall–Kier alpha value is -2.27. The Bertz CT molecular complexity index is 836. The van der Waals surface area contributed by atoms with E-state index in [1.165, 1.54) is 5.56 Å². The van der Waals surface area contributed by atoms with Crippen molar-refractivity contribution >= 4 is 11.6 Å². The van der Waals surface area contributed by atoms with Gasteiger partial charge in [0, 0.05) is 47.2 Å². The molecule has 2 N–H and O–H groups in total. The first kappa shape index (κ1) is 17.5. The van der Waals surface area contributed by atoms with Gasteiger partial charge in [-0.3, -0.25) is 0 Å². The summed E-state index contributed by atoms with van der Waals surface area (Å²) in [5.41, 5.74) is 3.87. The summed E-state index contributed by atoms with van der Waals surface area (Å²) in [5, 5.41) is 14.0. The fourth-order valence-corrected chi connectivity index (χ4v) is 2.85. The number of benzene rings is 2. The molecule has 1 heterocycles. The molecule has 0 radical (unpaired) electrons. The lowest BCUT2D eigenvalue weighted by Gasteiger charge is -2.13. The van der Waals surface area contributed by atoms with Gasteiger partial charge in [0.25, 0.3) is 0 Å². The lowest BCUT2D eigenvalue weighted by atomic mass is 10.1. The molecule has 3 aromatic rings. The quantitative estimate of drug-likeness (QED) is 0.705. The number of aliphatic hydroxyl groups is 1. The van der Waals surface area contributed by atoms with Crippen LogP contribution in [0.2, 0.25) is 5.02 Å². The van der Waals surface area contributed by atoms with Gasteiger partial charge < -0.3 is 10.4 Å².